The molecule has 0 bridgehead atoms. The molecule has 2 fully saturated rings. The highest BCUT2D eigenvalue weighted by Crippen LogP contribution is 2.30. The molecule has 30 heavy (non-hydrogen) atoms. The summed E-state index contributed by atoms with van der Waals surface area (Å²) in [5.41, 5.74) is 6.35. The number of hydrogen-bond acceptors (Lipinski definition) is 4. The fourth-order valence-corrected chi connectivity index (χ4v) is 3.70. The highest BCUT2D eigenvalue weighted by atomic mass is 35.5. The first-order valence-electron chi connectivity index (χ1n) is 10.2. The number of alkyl halides is 3. The molecule has 4 N–H and O–H groups in total. The third-order valence-electron chi connectivity index (χ3n) is 5.54. The predicted octanol–water partition coefficient (Wildman–Crippen LogP) is 3.05. The van der Waals surface area contributed by atoms with E-state index in [4.69, 9.17) is 7.10 Å². The minimum absolute atomic E-state index is 0. The lowest BCUT2D eigenvalue weighted by Gasteiger charge is -2.29. The number of urea groups is 1. The van der Waals surface area contributed by atoms with Gasteiger partial charge in [-0.05, 0) is 42.4 Å². The largest absolute Gasteiger partial charge is 0.410 e. The van der Waals surface area contributed by atoms with Crippen molar-refractivity contribution in [2.24, 2.45) is 17.6 Å². The van der Waals surface area contributed by atoms with Crippen molar-refractivity contribution in [2.75, 3.05) is 11.9 Å². The van der Waals surface area contributed by atoms with Crippen LogP contribution in [-0.2, 0) is 11.3 Å². The van der Waals surface area contributed by atoms with Crippen molar-refractivity contribution < 1.29 is 24.1 Å². The number of pyridine rings is 1. The highest BCUT2D eigenvalue weighted by Gasteiger charge is 2.46. The molecule has 168 valence electrons. The van der Waals surface area contributed by atoms with Crippen molar-refractivity contribution in [3.63, 3.8) is 0 Å². The zero-order valence-electron chi connectivity index (χ0n) is 17.5. The number of nitrogens with zero attached hydrogens (tertiary/aromatic N) is 2. The van der Waals surface area contributed by atoms with Gasteiger partial charge in [0.1, 0.15) is 11.9 Å². The number of amides is 3. The normalized spacial score (nSPS) is 26.8. The number of nitrogens with two attached hydrogens (primary N) is 1. The highest BCUT2D eigenvalue weighted by molar-refractivity contribution is 5.94. The number of anilines is 1. The van der Waals surface area contributed by atoms with E-state index in [1.165, 1.54) is 18.3 Å². The minimum Gasteiger partial charge on any atom is -0.324 e. The molecule has 1 aliphatic heterocycles. The van der Waals surface area contributed by atoms with Gasteiger partial charge in [0.05, 0.1) is 14.0 Å². The zero-order valence-corrected chi connectivity index (χ0v) is 17.3. The van der Waals surface area contributed by atoms with E-state index < -0.39 is 43.3 Å². The summed E-state index contributed by atoms with van der Waals surface area (Å²) in [4.78, 5) is 29.2. The van der Waals surface area contributed by atoms with E-state index in [9.17, 15) is 22.8 Å². The first-order valence-corrected chi connectivity index (χ1v) is 9.64. The summed E-state index contributed by atoms with van der Waals surface area (Å²) in [6.07, 6.45) is 0.544. The van der Waals surface area contributed by atoms with Gasteiger partial charge in [-0.15, -0.1) is 12.4 Å². The monoisotopic (exact) mass is 450 g/mol. The summed E-state index contributed by atoms with van der Waals surface area (Å²) in [5.74, 6) is 0.461. The van der Waals surface area contributed by atoms with Crippen LogP contribution in [0.1, 0.15) is 39.5 Å². The number of halogens is 4. The number of rotatable bonds is 5. The molecule has 2 heterocycles. The topological polar surface area (TPSA) is 100 Å². The first kappa shape index (κ1) is 22.6. The van der Waals surface area contributed by atoms with Gasteiger partial charge < -0.3 is 21.3 Å². The molecule has 1 unspecified atom stereocenters. The van der Waals surface area contributed by atoms with Crippen LogP contribution in [0.15, 0.2) is 18.3 Å². The molecule has 0 radical (unpaired) electrons. The Morgan fingerprint density at radius 3 is 2.70 bits per heavy atom. The Balaban J connectivity index is 0.00000341. The molecule has 1 saturated carbocycles. The average Bonchev–Trinajstić information content (AvgIpc) is 3.10. The smallest absolute Gasteiger partial charge is 0.324 e. The van der Waals surface area contributed by atoms with E-state index in [1.807, 2.05) is 5.32 Å². The molecular formula is C19H27ClF3N5O2. The van der Waals surface area contributed by atoms with Crippen LogP contribution in [0.3, 0.4) is 0 Å². The molecule has 1 saturated heterocycles. The van der Waals surface area contributed by atoms with Crippen molar-refractivity contribution in [1.82, 2.24) is 15.2 Å². The second-order valence-corrected chi connectivity index (χ2v) is 7.83. The van der Waals surface area contributed by atoms with Crippen molar-refractivity contribution in [2.45, 2.75) is 57.4 Å². The molecule has 1 aliphatic carbocycles. The summed E-state index contributed by atoms with van der Waals surface area (Å²) < 4.78 is 46.8. The van der Waals surface area contributed by atoms with Gasteiger partial charge in [-0.25, -0.2) is 9.78 Å². The average molecular weight is 451 g/mol. The van der Waals surface area contributed by atoms with Gasteiger partial charge in [-0.1, -0.05) is 19.8 Å². The van der Waals surface area contributed by atoms with E-state index in [0.717, 1.165) is 30.6 Å². The molecule has 3 amide bonds. The second-order valence-electron chi connectivity index (χ2n) is 7.83. The SMILES string of the molecule is Cl.[2H]C(c1ccnc(NC(=O)[C@@H](N)C2CCC(C)CC2)c1)N1C[C@@H](C(F)(F)F)NC1=O. The standard InChI is InChI=1S/C19H26F3N5O2.ClH/c1-11-2-4-13(5-3-11)16(23)17(28)26-15-8-12(6-7-24-15)9-27-10-14(19(20,21)22)25-18(27)29;/h6-8,11,13-14,16H,2-5,9-10,23H2,1H3,(H,25,29)(H,24,26,28);1H/t11?,13?,14-,16-;/m0./s1/i9D;/t9?,11?,13?,14-,16-;. The summed E-state index contributed by atoms with van der Waals surface area (Å²) in [6.45, 7) is 0.141. The van der Waals surface area contributed by atoms with Crippen LogP contribution in [0.2, 0.25) is 0 Å². The summed E-state index contributed by atoms with van der Waals surface area (Å²) in [5, 5.41) is 4.46. The number of hydrogen-bond donors (Lipinski definition) is 3. The Hall–Kier alpha value is -2.07. The number of carbonyl (C=O) groups is 2. The van der Waals surface area contributed by atoms with Gasteiger partial charge in [0.2, 0.25) is 5.91 Å². The molecule has 1 aromatic rings. The van der Waals surface area contributed by atoms with Crippen LogP contribution in [0.25, 0.3) is 0 Å². The lowest BCUT2D eigenvalue weighted by molar-refractivity contribution is -0.149. The fourth-order valence-electron chi connectivity index (χ4n) is 3.70. The molecule has 3 rings (SSSR count). The van der Waals surface area contributed by atoms with E-state index in [0.29, 0.717) is 5.92 Å². The Morgan fingerprint density at radius 2 is 2.10 bits per heavy atom. The molecule has 2 aliphatic rings. The quantitative estimate of drug-likeness (QED) is 0.641. The van der Waals surface area contributed by atoms with Crippen molar-refractivity contribution >= 4 is 30.2 Å². The van der Waals surface area contributed by atoms with Gasteiger partial charge in [0.25, 0.3) is 0 Å². The van der Waals surface area contributed by atoms with Crippen LogP contribution in [0.5, 0.6) is 0 Å². The van der Waals surface area contributed by atoms with Crippen LogP contribution < -0.4 is 16.4 Å². The maximum atomic E-state index is 12.9. The Bertz CT molecular complexity index is 792. The van der Waals surface area contributed by atoms with Crippen LogP contribution in [0.4, 0.5) is 23.8 Å². The van der Waals surface area contributed by atoms with E-state index in [-0.39, 0.29) is 29.7 Å². The van der Waals surface area contributed by atoms with Crippen LogP contribution >= 0.6 is 12.4 Å². The third kappa shape index (κ3) is 5.98. The summed E-state index contributed by atoms with van der Waals surface area (Å²) in [6, 6.07) is -0.876. The predicted molar refractivity (Wildman–Crippen MR) is 108 cm³/mol. The third-order valence-corrected chi connectivity index (χ3v) is 5.54. The molecule has 7 nitrogen and oxygen atoms in total. The summed E-state index contributed by atoms with van der Waals surface area (Å²) >= 11 is 0. The van der Waals surface area contributed by atoms with Crippen LogP contribution in [0, 0.1) is 11.8 Å². The molecule has 0 spiro atoms. The van der Waals surface area contributed by atoms with Crippen molar-refractivity contribution in [3.8, 4) is 0 Å². The number of nitrogens with one attached hydrogen (secondary N) is 2. The molecule has 3 atom stereocenters. The van der Waals surface area contributed by atoms with E-state index >= 15 is 0 Å². The molecular weight excluding hydrogens is 423 g/mol. The maximum Gasteiger partial charge on any atom is 0.410 e. The maximum absolute atomic E-state index is 12.9. The molecule has 1 aromatic heterocycles. The number of carbonyl (C=O) groups excluding carboxylic acids is 2. The van der Waals surface area contributed by atoms with Crippen molar-refractivity contribution in [1.29, 1.82) is 0 Å². The summed E-state index contributed by atoms with van der Waals surface area (Å²) in [7, 11) is 0. The fraction of sp³-hybridized carbons (Fsp3) is 0.632. The van der Waals surface area contributed by atoms with Crippen molar-refractivity contribution in [3.05, 3.63) is 23.9 Å². The van der Waals surface area contributed by atoms with Crippen LogP contribution in [-0.4, -0.2) is 46.6 Å². The Labute approximate surface area is 180 Å². The van der Waals surface area contributed by atoms with E-state index in [1.54, 1.807) is 0 Å². The zero-order chi connectivity index (χ0) is 22.1. The molecule has 11 heteroatoms. The lowest BCUT2D eigenvalue weighted by atomic mass is 9.79. The van der Waals surface area contributed by atoms with Gasteiger partial charge in [0.15, 0.2) is 0 Å². The number of aromatic nitrogens is 1. The minimum atomic E-state index is -4.59. The molecule has 0 aromatic carbocycles. The van der Waals surface area contributed by atoms with Gasteiger partial charge in [-0.2, -0.15) is 13.2 Å². The Morgan fingerprint density at radius 1 is 1.43 bits per heavy atom. The van der Waals surface area contributed by atoms with Gasteiger partial charge in [-0.3, -0.25) is 4.79 Å². The van der Waals surface area contributed by atoms with E-state index in [2.05, 4.69) is 17.2 Å². The lowest BCUT2D eigenvalue weighted by Crippen LogP contribution is -2.43. The van der Waals surface area contributed by atoms with Gasteiger partial charge >= 0.3 is 12.2 Å². The second kappa shape index (κ2) is 9.82. The Kier molecular flexibility index (Phi) is 7.41. The van der Waals surface area contributed by atoms with Gasteiger partial charge in [0, 0.05) is 12.7 Å². The first-order chi connectivity index (χ1) is 14.1.